The Bertz CT molecular complexity index is 560. The van der Waals surface area contributed by atoms with Gasteiger partial charge in [0.15, 0.2) is 0 Å². The highest BCUT2D eigenvalue weighted by atomic mass is 32.1. The summed E-state index contributed by atoms with van der Waals surface area (Å²) >= 11 is 1.85. The highest BCUT2D eigenvalue weighted by Crippen LogP contribution is 2.23. The van der Waals surface area contributed by atoms with Crippen molar-refractivity contribution in [2.75, 3.05) is 11.9 Å². The molecule has 0 aliphatic rings. The number of hydrogen-bond acceptors (Lipinski definition) is 3. The van der Waals surface area contributed by atoms with Crippen LogP contribution in [0.2, 0.25) is 0 Å². The highest BCUT2D eigenvalue weighted by Gasteiger charge is 2.03. The summed E-state index contributed by atoms with van der Waals surface area (Å²) in [6, 6.07) is 10.4. The molecule has 0 saturated heterocycles. The lowest BCUT2D eigenvalue weighted by Crippen LogP contribution is -2.05. The normalized spacial score (nSPS) is 10.8. The summed E-state index contributed by atoms with van der Waals surface area (Å²) < 4.78 is 5.75. The van der Waals surface area contributed by atoms with E-state index in [9.17, 15) is 0 Å². The SMILES string of the molecule is Cc1cc(CNc2cccc(OCC(C)C)c2)c(C)s1. The fourth-order valence-electron chi connectivity index (χ4n) is 2.02. The average molecular weight is 289 g/mol. The molecule has 2 nitrogen and oxygen atoms in total. The van der Waals surface area contributed by atoms with Gasteiger partial charge in [-0.2, -0.15) is 0 Å². The molecule has 0 saturated carbocycles. The molecular formula is C17H23NOS. The zero-order chi connectivity index (χ0) is 14.5. The molecule has 0 radical (unpaired) electrons. The van der Waals surface area contributed by atoms with Crippen LogP contribution < -0.4 is 10.1 Å². The number of thiophene rings is 1. The lowest BCUT2D eigenvalue weighted by atomic mass is 10.2. The Morgan fingerprint density at radius 2 is 2.00 bits per heavy atom. The van der Waals surface area contributed by atoms with Gasteiger partial charge in [-0.1, -0.05) is 19.9 Å². The number of ether oxygens (including phenoxy) is 1. The lowest BCUT2D eigenvalue weighted by molar-refractivity contribution is 0.271. The van der Waals surface area contributed by atoms with Crippen molar-refractivity contribution in [1.29, 1.82) is 0 Å². The molecule has 0 amide bonds. The first-order chi connectivity index (χ1) is 9.54. The number of benzene rings is 1. The summed E-state index contributed by atoms with van der Waals surface area (Å²) in [5.41, 5.74) is 2.48. The average Bonchev–Trinajstić information content (AvgIpc) is 2.73. The van der Waals surface area contributed by atoms with Crippen LogP contribution in [0.5, 0.6) is 5.75 Å². The maximum atomic E-state index is 5.75. The fourth-order valence-corrected chi connectivity index (χ4v) is 2.96. The largest absolute Gasteiger partial charge is 0.493 e. The maximum Gasteiger partial charge on any atom is 0.121 e. The lowest BCUT2D eigenvalue weighted by Gasteiger charge is -2.11. The minimum atomic E-state index is 0.544. The zero-order valence-electron chi connectivity index (χ0n) is 12.7. The fraction of sp³-hybridized carbons (Fsp3) is 0.412. The van der Waals surface area contributed by atoms with E-state index in [1.165, 1.54) is 15.3 Å². The van der Waals surface area contributed by atoms with E-state index in [0.29, 0.717) is 5.92 Å². The summed E-state index contributed by atoms with van der Waals surface area (Å²) in [4.78, 5) is 2.76. The molecule has 3 heteroatoms. The molecule has 0 aliphatic heterocycles. The van der Waals surface area contributed by atoms with E-state index < -0.39 is 0 Å². The van der Waals surface area contributed by atoms with Gasteiger partial charge in [0.25, 0.3) is 0 Å². The molecule has 2 rings (SSSR count). The third-order valence-electron chi connectivity index (χ3n) is 3.04. The third-order valence-corrected chi connectivity index (χ3v) is 4.05. The Morgan fingerprint density at radius 3 is 2.65 bits per heavy atom. The number of hydrogen-bond donors (Lipinski definition) is 1. The van der Waals surface area contributed by atoms with Crippen LogP contribution in [0.3, 0.4) is 0 Å². The second-order valence-corrected chi connectivity index (χ2v) is 6.99. The van der Waals surface area contributed by atoms with Gasteiger partial charge in [-0.3, -0.25) is 0 Å². The van der Waals surface area contributed by atoms with E-state index in [-0.39, 0.29) is 0 Å². The van der Waals surface area contributed by atoms with E-state index in [0.717, 1.165) is 24.6 Å². The van der Waals surface area contributed by atoms with E-state index in [1.807, 2.05) is 23.5 Å². The van der Waals surface area contributed by atoms with Crippen molar-refractivity contribution < 1.29 is 4.74 Å². The molecule has 1 aromatic heterocycles. The summed E-state index contributed by atoms with van der Waals surface area (Å²) in [6.07, 6.45) is 0. The van der Waals surface area contributed by atoms with Crippen LogP contribution in [0.25, 0.3) is 0 Å². The van der Waals surface area contributed by atoms with E-state index in [4.69, 9.17) is 4.74 Å². The first-order valence-electron chi connectivity index (χ1n) is 7.07. The van der Waals surface area contributed by atoms with Crippen molar-refractivity contribution in [2.45, 2.75) is 34.2 Å². The molecule has 108 valence electrons. The molecule has 2 aromatic rings. The molecule has 0 fully saturated rings. The van der Waals surface area contributed by atoms with Crippen LogP contribution in [0.4, 0.5) is 5.69 Å². The topological polar surface area (TPSA) is 21.3 Å². The molecule has 1 heterocycles. The van der Waals surface area contributed by atoms with Crippen LogP contribution in [0.1, 0.15) is 29.2 Å². The van der Waals surface area contributed by atoms with Crippen molar-refractivity contribution >= 4 is 17.0 Å². The first kappa shape index (κ1) is 14.9. The quantitative estimate of drug-likeness (QED) is 0.807. The van der Waals surface area contributed by atoms with Gasteiger partial charge in [-0.05, 0) is 43.5 Å². The molecule has 0 bridgehead atoms. The van der Waals surface area contributed by atoms with Crippen LogP contribution in [0.15, 0.2) is 30.3 Å². The first-order valence-corrected chi connectivity index (χ1v) is 7.89. The smallest absolute Gasteiger partial charge is 0.121 e. The van der Waals surface area contributed by atoms with Gasteiger partial charge in [0.05, 0.1) is 6.61 Å². The zero-order valence-corrected chi connectivity index (χ0v) is 13.5. The summed E-state index contributed by atoms with van der Waals surface area (Å²) in [7, 11) is 0. The molecule has 1 N–H and O–H groups in total. The Kier molecular flexibility index (Phi) is 5.07. The van der Waals surface area contributed by atoms with Crippen LogP contribution >= 0.6 is 11.3 Å². The molecule has 0 aliphatic carbocycles. The maximum absolute atomic E-state index is 5.75. The second-order valence-electron chi connectivity index (χ2n) is 5.52. The highest BCUT2D eigenvalue weighted by molar-refractivity contribution is 7.12. The van der Waals surface area contributed by atoms with Crippen LogP contribution in [0, 0.1) is 19.8 Å². The predicted octanol–water partition coefficient (Wildman–Crippen LogP) is 5.01. The van der Waals surface area contributed by atoms with Crippen molar-refractivity contribution in [3.05, 3.63) is 45.6 Å². The van der Waals surface area contributed by atoms with Crippen molar-refractivity contribution in [2.24, 2.45) is 5.92 Å². The second kappa shape index (κ2) is 6.80. The summed E-state index contributed by atoms with van der Waals surface area (Å²) in [6.45, 7) is 10.3. The van der Waals surface area contributed by atoms with Gasteiger partial charge < -0.3 is 10.1 Å². The Morgan fingerprint density at radius 1 is 1.20 bits per heavy atom. The van der Waals surface area contributed by atoms with Gasteiger partial charge in [-0.15, -0.1) is 11.3 Å². The van der Waals surface area contributed by atoms with Gasteiger partial charge in [0.2, 0.25) is 0 Å². The predicted molar refractivity (Wildman–Crippen MR) is 87.9 cm³/mol. The number of anilines is 1. The van der Waals surface area contributed by atoms with E-state index in [1.54, 1.807) is 0 Å². The van der Waals surface area contributed by atoms with Crippen LogP contribution in [-0.2, 0) is 6.54 Å². The Balaban J connectivity index is 1.96. The Labute approximate surface area is 125 Å². The molecule has 20 heavy (non-hydrogen) atoms. The number of nitrogens with one attached hydrogen (secondary N) is 1. The molecule has 1 aromatic carbocycles. The minimum Gasteiger partial charge on any atom is -0.493 e. The standard InChI is InChI=1S/C17H23NOS/c1-12(2)11-19-17-7-5-6-16(9-17)18-10-15-8-13(3)20-14(15)4/h5-9,12,18H,10-11H2,1-4H3. The van der Waals surface area contributed by atoms with Gasteiger partial charge in [-0.25, -0.2) is 0 Å². The van der Waals surface area contributed by atoms with Gasteiger partial charge in [0.1, 0.15) is 5.75 Å². The minimum absolute atomic E-state index is 0.544. The van der Waals surface area contributed by atoms with E-state index >= 15 is 0 Å². The third kappa shape index (κ3) is 4.27. The van der Waals surface area contributed by atoms with Gasteiger partial charge in [0, 0.05) is 28.1 Å². The number of aryl methyl sites for hydroxylation is 2. The van der Waals surface area contributed by atoms with Crippen LogP contribution in [-0.4, -0.2) is 6.61 Å². The molecular weight excluding hydrogens is 266 g/mol. The monoisotopic (exact) mass is 289 g/mol. The van der Waals surface area contributed by atoms with Crippen molar-refractivity contribution in [3.63, 3.8) is 0 Å². The molecule has 0 unspecified atom stereocenters. The van der Waals surface area contributed by atoms with Crippen molar-refractivity contribution in [1.82, 2.24) is 0 Å². The van der Waals surface area contributed by atoms with Gasteiger partial charge >= 0.3 is 0 Å². The summed E-state index contributed by atoms with van der Waals surface area (Å²) in [5.74, 6) is 1.48. The Hall–Kier alpha value is -1.48. The van der Waals surface area contributed by atoms with Crippen molar-refractivity contribution in [3.8, 4) is 5.75 Å². The summed E-state index contributed by atoms with van der Waals surface area (Å²) in [5, 5.41) is 3.47. The number of rotatable bonds is 6. The molecule has 0 spiro atoms. The van der Waals surface area contributed by atoms with E-state index in [2.05, 4.69) is 51.2 Å². The molecule has 0 atom stereocenters.